The first kappa shape index (κ1) is 8.31. The standard InChI is InChI=1S/C8H8N6/c1-13-5-3-8(11-13)12-14-7(6-9)2-4-10-14/h2-5H,1H3,(H,11,12). The quantitative estimate of drug-likeness (QED) is 0.738. The van der Waals surface area contributed by atoms with Gasteiger partial charge in [0.2, 0.25) is 0 Å². The van der Waals surface area contributed by atoms with Gasteiger partial charge in [-0.15, -0.1) is 0 Å². The molecule has 0 aliphatic carbocycles. The molecule has 1 N–H and O–H groups in total. The van der Waals surface area contributed by atoms with Gasteiger partial charge >= 0.3 is 0 Å². The van der Waals surface area contributed by atoms with Crippen LogP contribution in [0.5, 0.6) is 0 Å². The lowest BCUT2D eigenvalue weighted by atomic mass is 10.5. The maximum Gasteiger partial charge on any atom is 0.168 e. The van der Waals surface area contributed by atoms with Gasteiger partial charge in [0.05, 0.1) is 6.20 Å². The molecule has 0 spiro atoms. The predicted molar refractivity (Wildman–Crippen MR) is 49.2 cm³/mol. The summed E-state index contributed by atoms with van der Waals surface area (Å²) in [7, 11) is 1.82. The lowest BCUT2D eigenvalue weighted by Crippen LogP contribution is -2.13. The fraction of sp³-hybridized carbons (Fsp3) is 0.125. The van der Waals surface area contributed by atoms with Gasteiger partial charge in [0.15, 0.2) is 11.5 Å². The van der Waals surface area contributed by atoms with Crippen molar-refractivity contribution >= 4 is 5.82 Å². The van der Waals surface area contributed by atoms with E-state index in [1.54, 1.807) is 29.2 Å². The maximum absolute atomic E-state index is 8.71. The largest absolute Gasteiger partial charge is 0.274 e. The molecule has 70 valence electrons. The van der Waals surface area contributed by atoms with E-state index in [4.69, 9.17) is 5.26 Å². The van der Waals surface area contributed by atoms with Crippen LogP contribution >= 0.6 is 0 Å². The Morgan fingerprint density at radius 2 is 2.36 bits per heavy atom. The molecule has 0 bridgehead atoms. The zero-order valence-corrected chi connectivity index (χ0v) is 7.55. The molecule has 0 saturated carbocycles. The molecule has 0 fully saturated rings. The third kappa shape index (κ3) is 1.43. The van der Waals surface area contributed by atoms with E-state index in [9.17, 15) is 0 Å². The van der Waals surface area contributed by atoms with Crippen molar-refractivity contribution in [2.24, 2.45) is 7.05 Å². The van der Waals surface area contributed by atoms with Gasteiger partial charge in [0.25, 0.3) is 0 Å². The van der Waals surface area contributed by atoms with Gasteiger partial charge < -0.3 is 0 Å². The molecular formula is C8H8N6. The summed E-state index contributed by atoms with van der Waals surface area (Å²) in [5, 5.41) is 16.7. The molecule has 0 saturated heterocycles. The van der Waals surface area contributed by atoms with E-state index >= 15 is 0 Å². The molecule has 0 radical (unpaired) electrons. The number of hydrogen-bond donors (Lipinski definition) is 1. The van der Waals surface area contributed by atoms with Crippen molar-refractivity contribution in [2.75, 3.05) is 5.43 Å². The average Bonchev–Trinajstić information content (AvgIpc) is 2.76. The number of nitrogens with one attached hydrogen (secondary N) is 1. The van der Waals surface area contributed by atoms with Crippen LogP contribution in [-0.4, -0.2) is 19.7 Å². The summed E-state index contributed by atoms with van der Waals surface area (Å²) >= 11 is 0. The molecular weight excluding hydrogens is 180 g/mol. The third-order valence-corrected chi connectivity index (χ3v) is 1.69. The van der Waals surface area contributed by atoms with Crippen LogP contribution < -0.4 is 5.43 Å². The second-order valence-electron chi connectivity index (χ2n) is 2.73. The highest BCUT2D eigenvalue weighted by molar-refractivity contribution is 5.33. The SMILES string of the molecule is Cn1ccc(Nn2nccc2C#N)n1. The van der Waals surface area contributed by atoms with Crippen molar-refractivity contribution in [3.8, 4) is 6.07 Å². The van der Waals surface area contributed by atoms with E-state index in [1.165, 1.54) is 4.79 Å². The minimum atomic E-state index is 0.440. The Hall–Kier alpha value is -2.29. The van der Waals surface area contributed by atoms with E-state index in [1.807, 2.05) is 13.1 Å². The van der Waals surface area contributed by atoms with Crippen molar-refractivity contribution in [1.82, 2.24) is 19.7 Å². The monoisotopic (exact) mass is 188 g/mol. The summed E-state index contributed by atoms with van der Waals surface area (Å²) in [6.45, 7) is 0. The smallest absolute Gasteiger partial charge is 0.168 e. The Morgan fingerprint density at radius 3 is 3.00 bits per heavy atom. The zero-order chi connectivity index (χ0) is 9.97. The minimum absolute atomic E-state index is 0.440. The lowest BCUT2D eigenvalue weighted by Gasteiger charge is -2.02. The van der Waals surface area contributed by atoms with Gasteiger partial charge in [-0.2, -0.15) is 20.3 Å². The summed E-state index contributed by atoms with van der Waals surface area (Å²) in [5.41, 5.74) is 3.32. The first-order chi connectivity index (χ1) is 6.79. The Labute approximate surface area is 80.3 Å². The van der Waals surface area contributed by atoms with Gasteiger partial charge in [0, 0.05) is 19.3 Å². The van der Waals surface area contributed by atoms with Crippen LogP contribution in [0.2, 0.25) is 0 Å². The molecule has 6 heteroatoms. The minimum Gasteiger partial charge on any atom is -0.274 e. The molecule has 2 aromatic rings. The highest BCUT2D eigenvalue weighted by atomic mass is 15.6. The van der Waals surface area contributed by atoms with Crippen molar-refractivity contribution in [3.05, 3.63) is 30.2 Å². The summed E-state index contributed by atoms with van der Waals surface area (Å²) < 4.78 is 1.66. The molecule has 6 nitrogen and oxygen atoms in total. The summed E-state index contributed by atoms with van der Waals surface area (Å²) in [4.78, 5) is 1.38. The van der Waals surface area contributed by atoms with Gasteiger partial charge in [-0.25, -0.2) is 0 Å². The van der Waals surface area contributed by atoms with Crippen LogP contribution in [0.3, 0.4) is 0 Å². The third-order valence-electron chi connectivity index (χ3n) is 1.69. The molecule has 0 unspecified atom stereocenters. The number of rotatable bonds is 2. The van der Waals surface area contributed by atoms with Crippen molar-refractivity contribution < 1.29 is 0 Å². The van der Waals surface area contributed by atoms with Crippen LogP contribution in [0.15, 0.2) is 24.5 Å². The average molecular weight is 188 g/mol. The van der Waals surface area contributed by atoms with E-state index < -0.39 is 0 Å². The number of nitriles is 1. The molecule has 0 amide bonds. The lowest BCUT2D eigenvalue weighted by molar-refractivity contribution is 0.741. The molecule has 0 aromatic carbocycles. The fourth-order valence-corrected chi connectivity index (χ4v) is 1.06. The van der Waals surface area contributed by atoms with Gasteiger partial charge in [-0.3, -0.25) is 10.1 Å². The predicted octanol–water partition coefficient (Wildman–Crippen LogP) is 0.363. The van der Waals surface area contributed by atoms with Crippen molar-refractivity contribution in [1.29, 1.82) is 5.26 Å². The second-order valence-corrected chi connectivity index (χ2v) is 2.73. The number of nitrogens with zero attached hydrogens (tertiary/aromatic N) is 5. The maximum atomic E-state index is 8.71. The molecule has 0 aliphatic heterocycles. The first-order valence-corrected chi connectivity index (χ1v) is 4.00. The summed E-state index contributed by atoms with van der Waals surface area (Å²) in [5.74, 6) is 0.646. The summed E-state index contributed by atoms with van der Waals surface area (Å²) in [6.07, 6.45) is 3.35. The van der Waals surface area contributed by atoms with Crippen LogP contribution in [0.4, 0.5) is 5.82 Å². The summed E-state index contributed by atoms with van der Waals surface area (Å²) in [6, 6.07) is 5.42. The van der Waals surface area contributed by atoms with E-state index in [2.05, 4.69) is 15.6 Å². The topological polar surface area (TPSA) is 71.5 Å². The highest BCUT2D eigenvalue weighted by Gasteiger charge is 2.01. The molecule has 2 heterocycles. The van der Waals surface area contributed by atoms with E-state index in [-0.39, 0.29) is 0 Å². The van der Waals surface area contributed by atoms with E-state index in [0.29, 0.717) is 11.5 Å². The molecule has 14 heavy (non-hydrogen) atoms. The van der Waals surface area contributed by atoms with Crippen LogP contribution in [-0.2, 0) is 7.05 Å². The van der Waals surface area contributed by atoms with E-state index in [0.717, 1.165) is 0 Å². The zero-order valence-electron chi connectivity index (χ0n) is 7.55. The number of aryl methyl sites for hydroxylation is 1. The Kier molecular flexibility index (Phi) is 1.91. The second kappa shape index (κ2) is 3.22. The van der Waals surface area contributed by atoms with Crippen LogP contribution in [0.1, 0.15) is 5.69 Å². The number of hydrogen-bond acceptors (Lipinski definition) is 4. The van der Waals surface area contributed by atoms with Crippen molar-refractivity contribution in [3.63, 3.8) is 0 Å². The molecule has 2 aromatic heterocycles. The van der Waals surface area contributed by atoms with Gasteiger partial charge in [-0.05, 0) is 6.07 Å². The molecule has 2 rings (SSSR count). The van der Waals surface area contributed by atoms with Crippen LogP contribution in [0, 0.1) is 11.3 Å². The Balaban J connectivity index is 2.23. The Morgan fingerprint density at radius 1 is 1.50 bits per heavy atom. The number of aromatic nitrogens is 4. The normalized spacial score (nSPS) is 9.71. The van der Waals surface area contributed by atoms with Crippen LogP contribution in [0.25, 0.3) is 0 Å². The van der Waals surface area contributed by atoms with Gasteiger partial charge in [0.1, 0.15) is 6.07 Å². The Bertz CT molecular complexity index is 474. The van der Waals surface area contributed by atoms with Gasteiger partial charge in [-0.1, -0.05) is 0 Å². The van der Waals surface area contributed by atoms with Crippen molar-refractivity contribution in [2.45, 2.75) is 0 Å². The number of anilines is 1. The molecule has 0 aliphatic rings. The molecule has 0 atom stereocenters. The fourth-order valence-electron chi connectivity index (χ4n) is 1.06. The first-order valence-electron chi connectivity index (χ1n) is 4.00. The highest BCUT2D eigenvalue weighted by Crippen LogP contribution is 2.03.